The van der Waals surface area contributed by atoms with E-state index < -0.39 is 0 Å². The molecule has 8 aromatic rings. The Morgan fingerprint density at radius 3 is 1.53 bits per heavy atom. The quantitative estimate of drug-likeness (QED) is 0.175. The number of aromatic nitrogens is 1. The summed E-state index contributed by atoms with van der Waals surface area (Å²) in [5.74, 6) is 0. The molecule has 0 unspecified atom stereocenters. The van der Waals surface area contributed by atoms with E-state index in [0.717, 1.165) is 6.54 Å². The van der Waals surface area contributed by atoms with Gasteiger partial charge in [-0.3, -0.25) is 0 Å². The van der Waals surface area contributed by atoms with Gasteiger partial charge >= 0.3 is 0 Å². The molecule has 0 fully saturated rings. The van der Waals surface area contributed by atoms with Crippen LogP contribution >= 0.6 is 0 Å². The number of rotatable bonds is 4. The summed E-state index contributed by atoms with van der Waals surface area (Å²) in [6.07, 6.45) is 0. The molecule has 7 aromatic carbocycles. The molecular formula is C46H41N. The lowest BCUT2D eigenvalue weighted by Gasteiger charge is -2.19. The van der Waals surface area contributed by atoms with Crippen LogP contribution in [0.3, 0.4) is 0 Å². The standard InChI is InChI=1S/C46H41N/c1-7-47-42-23-19-34(27-38(42)39-28-35(46(4,5)6)20-24-43(39)47)31-15-17-33(18-16-31)45-37-22-14-29(2)25-40(37)44(32-11-9-8-10-12-32)36-21-13-30(3)26-41(36)45/h8-28H,7H2,1-6H3. The maximum Gasteiger partial charge on any atom is 0.0491 e. The lowest BCUT2D eigenvalue weighted by molar-refractivity contribution is 0.591. The van der Waals surface area contributed by atoms with E-state index in [1.807, 2.05) is 0 Å². The number of nitrogens with zero attached hydrogens (tertiary/aromatic N) is 1. The first-order valence-corrected chi connectivity index (χ1v) is 16.9. The van der Waals surface area contributed by atoms with Crippen LogP contribution in [0.4, 0.5) is 0 Å². The second-order valence-electron chi connectivity index (χ2n) is 14.2. The van der Waals surface area contributed by atoms with Crippen molar-refractivity contribution >= 4 is 43.4 Å². The fraction of sp³-hybridized carbons (Fsp3) is 0.174. The highest BCUT2D eigenvalue weighted by Crippen LogP contribution is 2.45. The molecule has 0 saturated carbocycles. The average molecular weight is 608 g/mol. The van der Waals surface area contributed by atoms with E-state index in [9.17, 15) is 0 Å². The lowest BCUT2D eigenvalue weighted by atomic mass is 9.84. The van der Waals surface area contributed by atoms with Crippen LogP contribution in [0.25, 0.3) is 76.7 Å². The van der Waals surface area contributed by atoms with Crippen molar-refractivity contribution in [1.29, 1.82) is 0 Å². The van der Waals surface area contributed by atoms with E-state index in [2.05, 4.69) is 174 Å². The molecule has 0 spiro atoms. The van der Waals surface area contributed by atoms with Gasteiger partial charge in [0.1, 0.15) is 0 Å². The van der Waals surface area contributed by atoms with Gasteiger partial charge in [-0.1, -0.05) is 135 Å². The van der Waals surface area contributed by atoms with Crippen molar-refractivity contribution in [3.05, 3.63) is 144 Å². The van der Waals surface area contributed by atoms with Crippen LogP contribution in [0.1, 0.15) is 44.4 Å². The molecule has 230 valence electrons. The number of hydrogen-bond donors (Lipinski definition) is 0. The molecule has 0 radical (unpaired) electrons. The minimum Gasteiger partial charge on any atom is -0.341 e. The van der Waals surface area contributed by atoms with Gasteiger partial charge in [0.25, 0.3) is 0 Å². The topological polar surface area (TPSA) is 4.93 Å². The van der Waals surface area contributed by atoms with Gasteiger partial charge in [-0.05, 0) is 111 Å². The third kappa shape index (κ3) is 4.84. The highest BCUT2D eigenvalue weighted by atomic mass is 15.0. The predicted octanol–water partition coefficient (Wildman–Crippen LogP) is 13.0. The van der Waals surface area contributed by atoms with Crippen molar-refractivity contribution in [2.75, 3.05) is 0 Å². The highest BCUT2D eigenvalue weighted by Gasteiger charge is 2.19. The summed E-state index contributed by atoms with van der Waals surface area (Å²) < 4.78 is 2.45. The molecule has 0 atom stereocenters. The third-order valence-corrected chi connectivity index (χ3v) is 10.0. The van der Waals surface area contributed by atoms with Crippen LogP contribution in [0, 0.1) is 13.8 Å². The number of hydrogen-bond acceptors (Lipinski definition) is 0. The Hall–Kier alpha value is -5.14. The van der Waals surface area contributed by atoms with Crippen LogP contribution in [0.5, 0.6) is 0 Å². The minimum absolute atomic E-state index is 0.104. The van der Waals surface area contributed by atoms with Gasteiger partial charge in [0.15, 0.2) is 0 Å². The van der Waals surface area contributed by atoms with Gasteiger partial charge in [-0.15, -0.1) is 0 Å². The van der Waals surface area contributed by atoms with Gasteiger partial charge in [0.05, 0.1) is 0 Å². The Kier molecular flexibility index (Phi) is 6.84. The molecule has 0 amide bonds. The molecule has 1 heteroatoms. The second-order valence-corrected chi connectivity index (χ2v) is 14.2. The van der Waals surface area contributed by atoms with Crippen LogP contribution < -0.4 is 0 Å². The Labute approximate surface area is 278 Å². The summed E-state index contributed by atoms with van der Waals surface area (Å²) in [6, 6.07) is 48.0. The molecule has 0 aliphatic heterocycles. The van der Waals surface area contributed by atoms with Crippen LogP contribution in [0.15, 0.2) is 127 Å². The average Bonchev–Trinajstić information content (AvgIpc) is 3.39. The van der Waals surface area contributed by atoms with E-state index in [-0.39, 0.29) is 5.41 Å². The Morgan fingerprint density at radius 2 is 0.957 bits per heavy atom. The number of fused-ring (bicyclic) bond motifs is 5. The SMILES string of the molecule is CCn1c2ccc(-c3ccc(-c4c5ccc(C)cc5c(-c5ccccc5)c5ccc(C)cc45)cc3)cc2c2cc(C(C)(C)C)ccc21. The molecule has 8 rings (SSSR count). The zero-order valence-electron chi connectivity index (χ0n) is 28.3. The summed E-state index contributed by atoms with van der Waals surface area (Å²) in [5.41, 5.74) is 14.3. The second kappa shape index (κ2) is 11.0. The summed E-state index contributed by atoms with van der Waals surface area (Å²) in [7, 11) is 0. The lowest BCUT2D eigenvalue weighted by Crippen LogP contribution is -2.10. The molecule has 0 saturated heterocycles. The van der Waals surface area contributed by atoms with Crippen molar-refractivity contribution in [1.82, 2.24) is 4.57 Å². The molecular weight excluding hydrogens is 567 g/mol. The normalized spacial score (nSPS) is 12.1. The number of benzene rings is 7. The van der Waals surface area contributed by atoms with Gasteiger partial charge in [-0.25, -0.2) is 0 Å². The van der Waals surface area contributed by atoms with E-state index in [1.54, 1.807) is 0 Å². The third-order valence-electron chi connectivity index (χ3n) is 10.0. The fourth-order valence-corrected chi connectivity index (χ4v) is 7.60. The highest BCUT2D eigenvalue weighted by molar-refractivity contribution is 6.21. The predicted molar refractivity (Wildman–Crippen MR) is 205 cm³/mol. The zero-order valence-corrected chi connectivity index (χ0v) is 28.3. The zero-order chi connectivity index (χ0) is 32.4. The molecule has 0 bridgehead atoms. The van der Waals surface area contributed by atoms with Gasteiger partial charge in [-0.2, -0.15) is 0 Å². The molecule has 1 nitrogen and oxygen atoms in total. The Morgan fingerprint density at radius 1 is 0.447 bits per heavy atom. The Balaban J connectivity index is 1.31. The Bertz CT molecular complexity index is 2470. The number of aryl methyl sites for hydroxylation is 3. The van der Waals surface area contributed by atoms with Gasteiger partial charge < -0.3 is 4.57 Å². The van der Waals surface area contributed by atoms with Gasteiger partial charge in [0.2, 0.25) is 0 Å². The first-order valence-electron chi connectivity index (χ1n) is 16.9. The maximum atomic E-state index is 2.45. The first-order chi connectivity index (χ1) is 22.7. The monoisotopic (exact) mass is 607 g/mol. The van der Waals surface area contributed by atoms with Crippen molar-refractivity contribution in [2.24, 2.45) is 0 Å². The largest absolute Gasteiger partial charge is 0.341 e. The molecule has 0 aliphatic rings. The van der Waals surface area contributed by atoms with Crippen molar-refractivity contribution in [3.8, 4) is 33.4 Å². The van der Waals surface area contributed by atoms with Crippen molar-refractivity contribution in [3.63, 3.8) is 0 Å². The van der Waals surface area contributed by atoms with E-state index in [4.69, 9.17) is 0 Å². The summed E-state index contributed by atoms with van der Waals surface area (Å²) >= 11 is 0. The summed E-state index contributed by atoms with van der Waals surface area (Å²) in [6.45, 7) is 14.5. The van der Waals surface area contributed by atoms with Gasteiger partial charge in [0, 0.05) is 28.4 Å². The van der Waals surface area contributed by atoms with Crippen LogP contribution in [-0.4, -0.2) is 4.57 Å². The van der Waals surface area contributed by atoms with Crippen LogP contribution in [-0.2, 0) is 12.0 Å². The summed E-state index contributed by atoms with van der Waals surface area (Å²) in [5, 5.41) is 7.87. The van der Waals surface area contributed by atoms with Crippen molar-refractivity contribution in [2.45, 2.75) is 53.5 Å². The minimum atomic E-state index is 0.104. The first kappa shape index (κ1) is 29.3. The molecule has 0 aliphatic carbocycles. The van der Waals surface area contributed by atoms with Crippen LogP contribution in [0.2, 0.25) is 0 Å². The van der Waals surface area contributed by atoms with Crippen molar-refractivity contribution < 1.29 is 0 Å². The molecule has 1 aromatic heterocycles. The maximum absolute atomic E-state index is 2.45. The summed E-state index contributed by atoms with van der Waals surface area (Å²) in [4.78, 5) is 0. The molecule has 47 heavy (non-hydrogen) atoms. The van der Waals surface area contributed by atoms with E-state index in [0.29, 0.717) is 0 Å². The van der Waals surface area contributed by atoms with E-state index >= 15 is 0 Å². The fourth-order valence-electron chi connectivity index (χ4n) is 7.60. The smallest absolute Gasteiger partial charge is 0.0491 e. The van der Waals surface area contributed by atoms with E-state index in [1.165, 1.54) is 93.4 Å². The molecule has 1 heterocycles. The molecule has 0 N–H and O–H groups in total.